The molecule has 0 saturated carbocycles. The molecule has 0 bridgehead atoms. The average Bonchev–Trinajstić information content (AvgIpc) is 2.46. The van der Waals surface area contributed by atoms with Crippen molar-refractivity contribution in [1.82, 2.24) is 0 Å². The second-order valence-corrected chi connectivity index (χ2v) is 5.15. The van der Waals surface area contributed by atoms with Crippen molar-refractivity contribution in [3.63, 3.8) is 0 Å². The zero-order valence-corrected chi connectivity index (χ0v) is 13.0. The smallest absolute Gasteiger partial charge is 0.135 e. The van der Waals surface area contributed by atoms with Crippen LogP contribution in [-0.4, -0.2) is 21.2 Å². The minimum atomic E-state index is -0.173. The lowest BCUT2D eigenvalue weighted by Gasteiger charge is -2.18. The van der Waals surface area contributed by atoms with Crippen LogP contribution in [0.2, 0.25) is 0 Å². The highest BCUT2D eigenvalue weighted by Gasteiger charge is 2.15. The van der Waals surface area contributed by atoms with Crippen molar-refractivity contribution >= 4 is 5.69 Å². The van der Waals surface area contributed by atoms with Gasteiger partial charge in [0.25, 0.3) is 0 Å². The van der Waals surface area contributed by atoms with Crippen molar-refractivity contribution in [3.05, 3.63) is 48.0 Å². The minimum absolute atomic E-state index is 0.173. The van der Waals surface area contributed by atoms with Gasteiger partial charge >= 0.3 is 0 Å². The number of hydrogen-bond acceptors (Lipinski definition) is 4. The molecule has 0 spiro atoms. The van der Waals surface area contributed by atoms with E-state index < -0.39 is 0 Å². The Morgan fingerprint density at radius 2 is 1.71 bits per heavy atom. The van der Waals surface area contributed by atoms with Gasteiger partial charge in [-0.25, -0.2) is 0 Å². The molecule has 0 aliphatic heterocycles. The highest BCUT2D eigenvalue weighted by molar-refractivity contribution is 5.52. The summed E-state index contributed by atoms with van der Waals surface area (Å²) in [4.78, 5) is 2.03. The lowest BCUT2D eigenvalue weighted by Crippen LogP contribution is -2.09. The van der Waals surface area contributed by atoms with E-state index in [2.05, 4.69) is 0 Å². The molecule has 0 amide bonds. The van der Waals surface area contributed by atoms with Crippen molar-refractivity contribution in [2.75, 3.05) is 26.1 Å². The van der Waals surface area contributed by atoms with E-state index >= 15 is 0 Å². The molecule has 2 rings (SSSR count). The Morgan fingerprint density at radius 1 is 1.05 bits per heavy atom. The maximum Gasteiger partial charge on any atom is 0.135 e. The maximum absolute atomic E-state index is 6.05. The average molecular weight is 286 g/mol. The van der Waals surface area contributed by atoms with Gasteiger partial charge in [-0.2, -0.15) is 0 Å². The lowest BCUT2D eigenvalue weighted by molar-refractivity contribution is 0.397. The van der Waals surface area contributed by atoms with Crippen LogP contribution in [0.15, 0.2) is 42.5 Å². The fourth-order valence-electron chi connectivity index (χ4n) is 2.19. The zero-order valence-electron chi connectivity index (χ0n) is 13.0. The van der Waals surface area contributed by atoms with Gasteiger partial charge < -0.3 is 20.1 Å². The van der Waals surface area contributed by atoms with Crippen LogP contribution >= 0.6 is 0 Å². The van der Waals surface area contributed by atoms with Crippen molar-refractivity contribution < 1.29 is 9.47 Å². The Bertz CT molecular complexity index is 609. The number of methoxy groups -OCH3 is 1. The summed E-state index contributed by atoms with van der Waals surface area (Å²) in [5.74, 6) is 2.24. The first kappa shape index (κ1) is 15.2. The fourth-order valence-corrected chi connectivity index (χ4v) is 2.19. The normalized spacial score (nSPS) is 11.9. The molecule has 1 unspecified atom stereocenters. The summed E-state index contributed by atoms with van der Waals surface area (Å²) in [6.45, 7) is 1.92. The van der Waals surface area contributed by atoms with E-state index in [1.165, 1.54) is 0 Å². The van der Waals surface area contributed by atoms with Crippen molar-refractivity contribution in [2.24, 2.45) is 5.73 Å². The molecule has 0 fully saturated rings. The van der Waals surface area contributed by atoms with Crippen molar-refractivity contribution in [3.8, 4) is 17.2 Å². The largest absolute Gasteiger partial charge is 0.496 e. The van der Waals surface area contributed by atoms with Crippen LogP contribution in [0.25, 0.3) is 0 Å². The predicted molar refractivity (Wildman–Crippen MR) is 86.4 cm³/mol. The molecule has 4 heteroatoms. The number of benzene rings is 2. The summed E-state index contributed by atoms with van der Waals surface area (Å²) < 4.78 is 11.4. The van der Waals surface area contributed by atoms with E-state index in [0.29, 0.717) is 0 Å². The van der Waals surface area contributed by atoms with Crippen LogP contribution in [0, 0.1) is 0 Å². The summed E-state index contributed by atoms with van der Waals surface area (Å²) in [5.41, 5.74) is 8.01. The molecular formula is C17H22N2O2. The first-order valence-corrected chi connectivity index (χ1v) is 6.90. The monoisotopic (exact) mass is 286 g/mol. The quantitative estimate of drug-likeness (QED) is 0.912. The van der Waals surface area contributed by atoms with Gasteiger partial charge in [0, 0.05) is 31.9 Å². The number of rotatable bonds is 5. The molecule has 1 atom stereocenters. The molecule has 0 aromatic heterocycles. The zero-order chi connectivity index (χ0) is 15.4. The Balaban J connectivity index is 2.37. The summed E-state index contributed by atoms with van der Waals surface area (Å²) in [7, 11) is 5.63. The molecule has 2 aromatic rings. The Labute approximate surface area is 126 Å². The van der Waals surface area contributed by atoms with Gasteiger partial charge in [-0.15, -0.1) is 0 Å². The van der Waals surface area contributed by atoms with Gasteiger partial charge in [0.15, 0.2) is 0 Å². The van der Waals surface area contributed by atoms with E-state index in [-0.39, 0.29) is 6.04 Å². The summed E-state index contributed by atoms with van der Waals surface area (Å²) in [6.07, 6.45) is 0. The van der Waals surface area contributed by atoms with E-state index in [1.807, 2.05) is 68.4 Å². The van der Waals surface area contributed by atoms with Crippen molar-refractivity contribution in [2.45, 2.75) is 13.0 Å². The van der Waals surface area contributed by atoms with Gasteiger partial charge in [0.2, 0.25) is 0 Å². The number of anilines is 1. The van der Waals surface area contributed by atoms with Crippen LogP contribution in [0.1, 0.15) is 18.5 Å². The summed E-state index contributed by atoms with van der Waals surface area (Å²) >= 11 is 0. The maximum atomic E-state index is 6.05. The molecule has 21 heavy (non-hydrogen) atoms. The summed E-state index contributed by atoms with van der Waals surface area (Å²) in [5, 5.41) is 0. The molecule has 0 aliphatic rings. The van der Waals surface area contributed by atoms with E-state index in [4.69, 9.17) is 15.2 Å². The van der Waals surface area contributed by atoms with Crippen LogP contribution in [0.3, 0.4) is 0 Å². The second kappa shape index (κ2) is 6.50. The number of nitrogens with two attached hydrogens (primary N) is 1. The highest BCUT2D eigenvalue weighted by atomic mass is 16.5. The Kier molecular flexibility index (Phi) is 4.70. The van der Waals surface area contributed by atoms with Gasteiger partial charge in [-0.05, 0) is 31.2 Å². The van der Waals surface area contributed by atoms with Gasteiger partial charge in [0.05, 0.1) is 12.7 Å². The first-order valence-electron chi connectivity index (χ1n) is 6.90. The topological polar surface area (TPSA) is 47.7 Å². The van der Waals surface area contributed by atoms with E-state index in [0.717, 1.165) is 28.5 Å². The third kappa shape index (κ3) is 3.47. The van der Waals surface area contributed by atoms with E-state index in [1.54, 1.807) is 7.11 Å². The number of ether oxygens (including phenoxy) is 2. The van der Waals surface area contributed by atoms with Crippen LogP contribution in [0.4, 0.5) is 5.69 Å². The van der Waals surface area contributed by atoms with Crippen molar-refractivity contribution in [1.29, 1.82) is 0 Å². The molecular weight excluding hydrogens is 264 g/mol. The molecule has 2 N–H and O–H groups in total. The van der Waals surface area contributed by atoms with E-state index in [9.17, 15) is 0 Å². The molecule has 4 nitrogen and oxygen atoms in total. The molecule has 112 valence electrons. The minimum Gasteiger partial charge on any atom is -0.496 e. The predicted octanol–water partition coefficient (Wildman–Crippen LogP) is 3.57. The Hall–Kier alpha value is -2.20. The van der Waals surface area contributed by atoms with Crippen LogP contribution in [-0.2, 0) is 0 Å². The number of nitrogens with zero attached hydrogens (tertiary/aromatic N) is 1. The van der Waals surface area contributed by atoms with Gasteiger partial charge in [-0.1, -0.05) is 12.1 Å². The third-order valence-corrected chi connectivity index (χ3v) is 3.26. The standard InChI is InChI=1S/C17H22N2O2/c1-12(18)17-15(20-4)9-6-10-16(17)21-14-8-5-7-13(11-14)19(2)3/h5-12H,18H2,1-4H3. The van der Waals surface area contributed by atoms with Gasteiger partial charge in [-0.3, -0.25) is 0 Å². The SMILES string of the molecule is COc1cccc(Oc2cccc(N(C)C)c2)c1C(C)N. The molecule has 0 heterocycles. The molecule has 0 saturated heterocycles. The first-order chi connectivity index (χ1) is 10.0. The van der Waals surface area contributed by atoms with Crippen LogP contribution < -0.4 is 20.1 Å². The summed E-state index contributed by atoms with van der Waals surface area (Å²) in [6, 6.07) is 13.4. The molecule has 0 radical (unpaired) electrons. The Morgan fingerprint density at radius 3 is 2.33 bits per heavy atom. The molecule has 0 aliphatic carbocycles. The third-order valence-electron chi connectivity index (χ3n) is 3.26. The van der Waals surface area contributed by atoms with Crippen LogP contribution in [0.5, 0.6) is 17.2 Å². The number of hydrogen-bond donors (Lipinski definition) is 1. The lowest BCUT2D eigenvalue weighted by atomic mass is 10.1. The fraction of sp³-hybridized carbons (Fsp3) is 0.294. The van der Waals surface area contributed by atoms with Gasteiger partial charge in [0.1, 0.15) is 17.2 Å². The second-order valence-electron chi connectivity index (χ2n) is 5.15. The highest BCUT2D eigenvalue weighted by Crippen LogP contribution is 2.36. The molecule has 2 aromatic carbocycles.